The molecule has 2 aromatic rings. The molecule has 0 radical (unpaired) electrons. The fourth-order valence-electron chi connectivity index (χ4n) is 1.64. The van der Waals surface area contributed by atoms with E-state index in [0.717, 1.165) is 0 Å². The molecule has 2 aromatic carbocycles. The second kappa shape index (κ2) is 7.68. The summed E-state index contributed by atoms with van der Waals surface area (Å²) < 4.78 is 18.7. The lowest BCUT2D eigenvalue weighted by molar-refractivity contribution is -0.123. The summed E-state index contributed by atoms with van der Waals surface area (Å²) in [6, 6.07) is 9.04. The molecule has 1 amide bonds. The third kappa shape index (κ3) is 4.50. The van der Waals surface area contributed by atoms with Crippen LogP contribution in [0.3, 0.4) is 0 Å². The molecule has 116 valence electrons. The molecule has 0 heterocycles. The van der Waals surface area contributed by atoms with Crippen LogP contribution in [0.25, 0.3) is 0 Å². The maximum absolute atomic E-state index is 13.4. The second-order valence-electron chi connectivity index (χ2n) is 4.35. The lowest BCUT2D eigenvalue weighted by Crippen LogP contribution is -2.28. The van der Waals surface area contributed by atoms with E-state index in [1.165, 1.54) is 18.2 Å². The molecule has 0 aromatic heterocycles. The Bertz CT molecular complexity index is 694. The Morgan fingerprint density at radius 3 is 2.50 bits per heavy atom. The second-order valence-corrected chi connectivity index (χ2v) is 5.58. The average molecular weight is 363 g/mol. The van der Waals surface area contributed by atoms with E-state index >= 15 is 0 Å². The molecule has 0 spiro atoms. The Kier molecular flexibility index (Phi) is 5.89. The molecule has 7 heteroatoms. The summed E-state index contributed by atoms with van der Waals surface area (Å²) in [6.07, 6.45) is 0. The van der Waals surface area contributed by atoms with Crippen molar-refractivity contribution in [2.24, 2.45) is 0 Å². The minimum Gasteiger partial charge on any atom is -0.482 e. The van der Waals surface area contributed by atoms with E-state index in [2.05, 4.69) is 5.32 Å². The molecule has 0 aliphatic rings. The molecular weight excluding hydrogens is 352 g/mol. The van der Waals surface area contributed by atoms with Crippen LogP contribution in [-0.4, -0.2) is 12.5 Å². The highest BCUT2D eigenvalue weighted by molar-refractivity contribution is 6.43. The molecule has 3 nitrogen and oxygen atoms in total. The Hall–Kier alpha value is -1.49. The molecule has 0 saturated heterocycles. The normalized spacial score (nSPS) is 10.4. The first-order chi connectivity index (χ1) is 10.5. The summed E-state index contributed by atoms with van der Waals surface area (Å²) in [5.41, 5.74) is 0.392. The Labute approximate surface area is 141 Å². The van der Waals surface area contributed by atoms with Crippen LogP contribution in [0.5, 0.6) is 5.75 Å². The van der Waals surface area contributed by atoms with Gasteiger partial charge in [0, 0.05) is 18.2 Å². The molecule has 2 rings (SSSR count). The number of hydrogen-bond acceptors (Lipinski definition) is 2. The Morgan fingerprint density at radius 2 is 1.77 bits per heavy atom. The number of halogens is 4. The maximum Gasteiger partial charge on any atom is 0.258 e. The summed E-state index contributed by atoms with van der Waals surface area (Å²) in [5, 5.41) is 3.36. The van der Waals surface area contributed by atoms with Gasteiger partial charge in [-0.15, -0.1) is 0 Å². The van der Waals surface area contributed by atoms with Gasteiger partial charge in [0.05, 0.1) is 15.1 Å². The highest BCUT2D eigenvalue weighted by Crippen LogP contribution is 2.33. The smallest absolute Gasteiger partial charge is 0.258 e. The van der Waals surface area contributed by atoms with Crippen molar-refractivity contribution in [3.8, 4) is 5.75 Å². The van der Waals surface area contributed by atoms with E-state index in [1.807, 2.05) is 0 Å². The summed E-state index contributed by atoms with van der Waals surface area (Å²) in [7, 11) is 0. The zero-order chi connectivity index (χ0) is 16.1. The Balaban J connectivity index is 1.88. The van der Waals surface area contributed by atoms with Gasteiger partial charge in [-0.25, -0.2) is 4.39 Å². The fourth-order valence-corrected chi connectivity index (χ4v) is 2.24. The minimum absolute atomic E-state index is 0.0734. The van der Waals surface area contributed by atoms with Gasteiger partial charge in [0.15, 0.2) is 6.61 Å². The third-order valence-electron chi connectivity index (χ3n) is 2.77. The molecule has 0 unspecified atom stereocenters. The molecule has 0 fully saturated rings. The van der Waals surface area contributed by atoms with Crippen molar-refractivity contribution in [1.82, 2.24) is 5.32 Å². The van der Waals surface area contributed by atoms with Crippen molar-refractivity contribution in [2.75, 3.05) is 6.61 Å². The van der Waals surface area contributed by atoms with Crippen LogP contribution in [0.1, 0.15) is 5.56 Å². The highest BCUT2D eigenvalue weighted by Gasteiger charge is 2.10. The first-order valence-corrected chi connectivity index (χ1v) is 7.38. The standard InChI is InChI=1S/C15H11Cl3FNO2/c16-10-5-12(18)14(6-11(10)17)22-8-15(21)20-7-9-3-1-2-4-13(9)19/h1-6H,7-8H2,(H,20,21). The number of amides is 1. The topological polar surface area (TPSA) is 38.3 Å². The zero-order valence-corrected chi connectivity index (χ0v) is 13.5. The molecule has 0 aliphatic carbocycles. The quantitative estimate of drug-likeness (QED) is 0.796. The van der Waals surface area contributed by atoms with E-state index in [9.17, 15) is 9.18 Å². The predicted octanol–water partition coefficient (Wildman–Crippen LogP) is 4.48. The first kappa shape index (κ1) is 16.9. The van der Waals surface area contributed by atoms with Gasteiger partial charge in [0.25, 0.3) is 5.91 Å². The van der Waals surface area contributed by atoms with Crippen LogP contribution in [0.15, 0.2) is 36.4 Å². The SMILES string of the molecule is O=C(COc1cc(Cl)c(Cl)cc1Cl)NCc1ccccc1F. The van der Waals surface area contributed by atoms with Gasteiger partial charge in [-0.05, 0) is 12.1 Å². The summed E-state index contributed by atoms with van der Waals surface area (Å²) >= 11 is 17.6. The van der Waals surface area contributed by atoms with Crippen LogP contribution in [0, 0.1) is 5.82 Å². The Morgan fingerprint density at radius 1 is 1.09 bits per heavy atom. The molecule has 1 N–H and O–H groups in total. The van der Waals surface area contributed by atoms with Crippen molar-refractivity contribution in [3.05, 3.63) is 62.8 Å². The van der Waals surface area contributed by atoms with E-state index in [-0.39, 0.29) is 34.8 Å². The summed E-state index contributed by atoms with van der Waals surface area (Å²) in [6.45, 7) is -0.198. The number of hydrogen-bond donors (Lipinski definition) is 1. The van der Waals surface area contributed by atoms with Gasteiger partial charge in [0.1, 0.15) is 11.6 Å². The minimum atomic E-state index is -0.412. The molecular formula is C15H11Cl3FNO2. The van der Waals surface area contributed by atoms with Crippen molar-refractivity contribution in [2.45, 2.75) is 6.54 Å². The number of nitrogens with one attached hydrogen (secondary N) is 1. The first-order valence-electron chi connectivity index (χ1n) is 6.25. The van der Waals surface area contributed by atoms with Gasteiger partial charge in [-0.3, -0.25) is 4.79 Å². The van der Waals surface area contributed by atoms with Crippen LogP contribution >= 0.6 is 34.8 Å². The van der Waals surface area contributed by atoms with Crippen LogP contribution in [-0.2, 0) is 11.3 Å². The van der Waals surface area contributed by atoms with Crippen molar-refractivity contribution in [3.63, 3.8) is 0 Å². The predicted molar refractivity (Wildman–Crippen MR) is 85.2 cm³/mol. The number of ether oxygens (including phenoxy) is 1. The van der Waals surface area contributed by atoms with Gasteiger partial charge >= 0.3 is 0 Å². The lowest BCUT2D eigenvalue weighted by atomic mass is 10.2. The summed E-state index contributed by atoms with van der Waals surface area (Å²) in [4.78, 5) is 11.7. The van der Waals surface area contributed by atoms with Gasteiger partial charge < -0.3 is 10.1 Å². The van der Waals surface area contributed by atoms with E-state index in [4.69, 9.17) is 39.5 Å². The fraction of sp³-hybridized carbons (Fsp3) is 0.133. The number of rotatable bonds is 5. The van der Waals surface area contributed by atoms with E-state index in [0.29, 0.717) is 10.6 Å². The maximum atomic E-state index is 13.4. The molecule has 22 heavy (non-hydrogen) atoms. The van der Waals surface area contributed by atoms with Gasteiger partial charge in [-0.2, -0.15) is 0 Å². The highest BCUT2D eigenvalue weighted by atomic mass is 35.5. The molecule has 0 aliphatic heterocycles. The number of benzene rings is 2. The van der Waals surface area contributed by atoms with Crippen LogP contribution < -0.4 is 10.1 Å². The van der Waals surface area contributed by atoms with Crippen molar-refractivity contribution < 1.29 is 13.9 Å². The number of carbonyl (C=O) groups is 1. The molecule has 0 bridgehead atoms. The molecule has 0 atom stereocenters. The summed E-state index contributed by atoms with van der Waals surface area (Å²) in [5.74, 6) is -0.543. The van der Waals surface area contributed by atoms with E-state index < -0.39 is 5.91 Å². The van der Waals surface area contributed by atoms with Crippen molar-refractivity contribution in [1.29, 1.82) is 0 Å². The van der Waals surface area contributed by atoms with Gasteiger partial charge in [-0.1, -0.05) is 53.0 Å². The average Bonchev–Trinajstić information content (AvgIpc) is 2.49. The monoisotopic (exact) mass is 361 g/mol. The molecule has 0 saturated carbocycles. The van der Waals surface area contributed by atoms with Crippen LogP contribution in [0.2, 0.25) is 15.1 Å². The van der Waals surface area contributed by atoms with E-state index in [1.54, 1.807) is 18.2 Å². The van der Waals surface area contributed by atoms with Crippen molar-refractivity contribution >= 4 is 40.7 Å². The van der Waals surface area contributed by atoms with Crippen LogP contribution in [0.4, 0.5) is 4.39 Å². The zero-order valence-electron chi connectivity index (χ0n) is 11.2. The van der Waals surface area contributed by atoms with Gasteiger partial charge in [0.2, 0.25) is 0 Å². The number of carbonyl (C=O) groups excluding carboxylic acids is 1. The largest absolute Gasteiger partial charge is 0.482 e. The lowest BCUT2D eigenvalue weighted by Gasteiger charge is -2.10. The third-order valence-corrected chi connectivity index (χ3v) is 3.78.